The van der Waals surface area contributed by atoms with Crippen LogP contribution in [0.25, 0.3) is 17.4 Å². The molecule has 2 aromatic rings. The Labute approximate surface area is 175 Å². The minimum atomic E-state index is -0.504. The lowest BCUT2D eigenvalue weighted by Crippen LogP contribution is -2.36. The number of rotatable bonds is 4. The number of amides is 1. The number of thiocarbonyl (C=S) groups is 1. The van der Waals surface area contributed by atoms with Crippen molar-refractivity contribution in [1.82, 2.24) is 4.90 Å². The number of thioether (sulfide) groups is 1. The molecule has 1 amide bonds. The summed E-state index contributed by atoms with van der Waals surface area (Å²) in [5.41, 5.74) is 0.460. The van der Waals surface area contributed by atoms with E-state index in [4.69, 9.17) is 28.2 Å². The number of hydrogen-bond acceptors (Lipinski definition) is 6. The van der Waals surface area contributed by atoms with Gasteiger partial charge in [0.05, 0.1) is 14.9 Å². The molecular formula is C19H15ClN2O4S2. The van der Waals surface area contributed by atoms with Crippen LogP contribution in [0, 0.1) is 10.1 Å². The average molecular weight is 435 g/mol. The highest BCUT2D eigenvalue weighted by molar-refractivity contribution is 8.26. The van der Waals surface area contributed by atoms with Crippen molar-refractivity contribution in [3.05, 3.63) is 56.1 Å². The molecule has 0 unspecified atom stereocenters. The van der Waals surface area contributed by atoms with E-state index in [9.17, 15) is 14.9 Å². The summed E-state index contributed by atoms with van der Waals surface area (Å²) >= 11 is 12.8. The number of nitrogens with zero attached hydrogens (tertiary/aromatic N) is 2. The summed E-state index contributed by atoms with van der Waals surface area (Å²) in [4.78, 5) is 25.4. The summed E-state index contributed by atoms with van der Waals surface area (Å²) in [6, 6.07) is 7.85. The summed E-state index contributed by atoms with van der Waals surface area (Å²) in [6.07, 6.45) is 5.90. The minimum Gasteiger partial charge on any atom is -0.457 e. The number of furan rings is 1. The molecule has 28 heavy (non-hydrogen) atoms. The number of nitro benzene ring substituents is 1. The van der Waals surface area contributed by atoms with Gasteiger partial charge < -0.3 is 4.42 Å². The van der Waals surface area contributed by atoms with Gasteiger partial charge in [0.1, 0.15) is 15.8 Å². The van der Waals surface area contributed by atoms with Crippen molar-refractivity contribution < 1.29 is 14.1 Å². The third-order valence-electron chi connectivity index (χ3n) is 4.84. The molecule has 0 bridgehead atoms. The molecule has 1 aliphatic heterocycles. The second kappa shape index (κ2) is 7.69. The Kier molecular flexibility index (Phi) is 5.27. The summed E-state index contributed by atoms with van der Waals surface area (Å²) < 4.78 is 6.39. The highest BCUT2D eigenvalue weighted by Gasteiger charge is 2.38. The van der Waals surface area contributed by atoms with Crippen LogP contribution in [-0.2, 0) is 4.79 Å². The first-order chi connectivity index (χ1) is 13.4. The first kappa shape index (κ1) is 19.2. The molecule has 6 nitrogen and oxygen atoms in total. The van der Waals surface area contributed by atoms with E-state index >= 15 is 0 Å². The number of nitro groups is 1. The van der Waals surface area contributed by atoms with Crippen LogP contribution in [0.15, 0.2) is 39.7 Å². The van der Waals surface area contributed by atoms with E-state index in [-0.39, 0.29) is 22.7 Å². The van der Waals surface area contributed by atoms with Gasteiger partial charge in [-0.05, 0) is 31.0 Å². The maximum atomic E-state index is 12.8. The number of halogens is 1. The summed E-state index contributed by atoms with van der Waals surface area (Å²) in [5, 5.41) is 11.1. The van der Waals surface area contributed by atoms with Crippen molar-refractivity contribution >= 4 is 57.6 Å². The van der Waals surface area contributed by atoms with E-state index in [1.807, 2.05) is 0 Å². The zero-order chi connectivity index (χ0) is 19.8. The first-order valence-corrected chi connectivity index (χ1v) is 10.4. The topological polar surface area (TPSA) is 76.6 Å². The van der Waals surface area contributed by atoms with Crippen LogP contribution in [0.4, 0.5) is 5.69 Å². The second-order valence-electron chi connectivity index (χ2n) is 6.61. The van der Waals surface area contributed by atoms with Crippen LogP contribution < -0.4 is 0 Å². The zero-order valence-electron chi connectivity index (χ0n) is 14.6. The highest BCUT2D eigenvalue weighted by Crippen LogP contribution is 2.39. The van der Waals surface area contributed by atoms with Gasteiger partial charge in [0.25, 0.3) is 11.6 Å². The van der Waals surface area contributed by atoms with Crippen LogP contribution in [0.5, 0.6) is 0 Å². The molecule has 4 rings (SSSR count). The average Bonchev–Trinajstić information content (AvgIpc) is 3.37. The lowest BCUT2D eigenvalue weighted by molar-refractivity contribution is -0.384. The van der Waals surface area contributed by atoms with Crippen molar-refractivity contribution in [2.75, 3.05) is 0 Å². The standard InChI is InChI=1S/C19H15ClN2O4S2/c20-15-9-12(22(24)25)5-7-14(15)16-8-6-13(26-16)10-17-18(23)21(19(27)28-17)11-3-1-2-4-11/h5-11H,1-4H2. The third-order valence-corrected chi connectivity index (χ3v) is 6.49. The van der Waals surface area contributed by atoms with Gasteiger partial charge in [-0.3, -0.25) is 19.8 Å². The van der Waals surface area contributed by atoms with Crippen molar-refractivity contribution in [2.45, 2.75) is 31.7 Å². The molecule has 1 saturated heterocycles. The van der Waals surface area contributed by atoms with E-state index in [2.05, 4.69) is 0 Å². The zero-order valence-corrected chi connectivity index (χ0v) is 17.0. The Hall–Kier alpha value is -2.16. The van der Waals surface area contributed by atoms with Gasteiger partial charge >= 0.3 is 0 Å². The normalized spacial score (nSPS) is 19.2. The second-order valence-corrected chi connectivity index (χ2v) is 8.70. The molecule has 0 atom stereocenters. The molecule has 144 valence electrons. The van der Waals surface area contributed by atoms with E-state index in [1.54, 1.807) is 29.2 Å². The van der Waals surface area contributed by atoms with E-state index in [0.29, 0.717) is 26.3 Å². The SMILES string of the molecule is O=C1C(=Cc2ccc(-c3ccc([N+](=O)[O-])cc3Cl)o2)SC(=S)N1C1CCCC1. The smallest absolute Gasteiger partial charge is 0.270 e. The molecule has 2 aliphatic rings. The Bertz CT molecular complexity index is 1010. The lowest BCUT2D eigenvalue weighted by Gasteiger charge is -2.21. The van der Waals surface area contributed by atoms with Gasteiger partial charge in [-0.25, -0.2) is 0 Å². The van der Waals surface area contributed by atoms with Crippen molar-refractivity contribution in [3.63, 3.8) is 0 Å². The Morgan fingerprint density at radius 3 is 2.71 bits per heavy atom. The minimum absolute atomic E-state index is 0.0757. The van der Waals surface area contributed by atoms with E-state index in [1.165, 1.54) is 23.9 Å². The Balaban J connectivity index is 1.57. The fourth-order valence-corrected chi connectivity index (χ4v) is 5.13. The van der Waals surface area contributed by atoms with Gasteiger partial charge in [0, 0.05) is 29.8 Å². The van der Waals surface area contributed by atoms with Crippen molar-refractivity contribution in [1.29, 1.82) is 0 Å². The fourth-order valence-electron chi connectivity index (χ4n) is 3.48. The Morgan fingerprint density at radius 2 is 2.04 bits per heavy atom. The fraction of sp³-hybridized carbons (Fsp3) is 0.263. The molecule has 1 aromatic carbocycles. The van der Waals surface area contributed by atoms with Gasteiger partial charge in [-0.15, -0.1) is 0 Å². The molecule has 1 saturated carbocycles. The van der Waals surface area contributed by atoms with Crippen molar-refractivity contribution in [3.8, 4) is 11.3 Å². The molecule has 9 heteroatoms. The van der Waals surface area contributed by atoms with Crippen molar-refractivity contribution in [2.24, 2.45) is 0 Å². The number of non-ortho nitro benzene ring substituents is 1. The van der Waals surface area contributed by atoms with Crippen LogP contribution in [0.2, 0.25) is 5.02 Å². The summed E-state index contributed by atoms with van der Waals surface area (Å²) in [7, 11) is 0. The lowest BCUT2D eigenvalue weighted by atomic mass is 10.1. The van der Waals surface area contributed by atoms with Gasteiger partial charge in [0.15, 0.2) is 0 Å². The summed E-state index contributed by atoms with van der Waals surface area (Å²) in [5.74, 6) is 0.891. The number of carbonyl (C=O) groups is 1. The summed E-state index contributed by atoms with van der Waals surface area (Å²) in [6.45, 7) is 0. The molecule has 1 aliphatic carbocycles. The van der Waals surface area contributed by atoms with Gasteiger partial charge in [0.2, 0.25) is 0 Å². The predicted molar refractivity (Wildman–Crippen MR) is 113 cm³/mol. The largest absolute Gasteiger partial charge is 0.457 e. The predicted octanol–water partition coefficient (Wildman–Crippen LogP) is 5.65. The molecule has 2 heterocycles. The number of hydrogen-bond donors (Lipinski definition) is 0. The van der Waals surface area contributed by atoms with Crippen LogP contribution in [0.3, 0.4) is 0 Å². The quantitative estimate of drug-likeness (QED) is 0.268. The molecule has 0 spiro atoms. The monoisotopic (exact) mass is 434 g/mol. The van der Waals surface area contributed by atoms with Crippen LogP contribution in [-0.4, -0.2) is 26.1 Å². The maximum Gasteiger partial charge on any atom is 0.270 e. The van der Waals surface area contributed by atoms with Gasteiger partial charge in [-0.2, -0.15) is 0 Å². The first-order valence-electron chi connectivity index (χ1n) is 8.75. The van der Waals surface area contributed by atoms with Gasteiger partial charge in [-0.1, -0.05) is 48.4 Å². The molecule has 1 aromatic heterocycles. The maximum absolute atomic E-state index is 12.8. The third kappa shape index (κ3) is 3.59. The van der Waals surface area contributed by atoms with Crippen LogP contribution >= 0.6 is 35.6 Å². The van der Waals surface area contributed by atoms with E-state index < -0.39 is 4.92 Å². The Morgan fingerprint density at radius 1 is 1.29 bits per heavy atom. The highest BCUT2D eigenvalue weighted by atomic mass is 35.5. The van der Waals surface area contributed by atoms with Crippen LogP contribution in [0.1, 0.15) is 31.4 Å². The molecule has 0 N–H and O–H groups in total. The molecule has 2 fully saturated rings. The van der Waals surface area contributed by atoms with E-state index in [0.717, 1.165) is 25.7 Å². The molecule has 0 radical (unpaired) electrons. The molecular weight excluding hydrogens is 420 g/mol. The number of benzene rings is 1. The number of carbonyl (C=O) groups excluding carboxylic acids is 1.